The monoisotopic (exact) mass is 397 g/mol. The molecule has 0 aliphatic rings. The molecule has 0 unspecified atom stereocenters. The Morgan fingerprint density at radius 2 is 1.85 bits per heavy atom. The Morgan fingerprint density at radius 1 is 1.27 bits per heavy atom. The number of rotatable bonds is 7. The number of carbonyl (C=O) groups excluding carboxylic acids is 2. The number of hydrogen-bond donors (Lipinski definition) is 2. The van der Waals surface area contributed by atoms with E-state index in [4.69, 9.17) is 5.73 Å². The number of alkyl halides is 3. The second-order valence-corrected chi connectivity index (χ2v) is 5.89. The highest BCUT2D eigenvalue weighted by molar-refractivity contribution is 5.87. The predicted molar refractivity (Wildman–Crippen MR) is 92.7 cm³/mol. The molecule has 2 amide bonds. The summed E-state index contributed by atoms with van der Waals surface area (Å²) in [6.45, 7) is 3.15. The Bertz CT molecular complexity index is 612. The maximum atomic E-state index is 12.4. The standard InChI is InChI=1S/C16H22F3N3O3.ClH/c1-10(2)14(20)15(24)21-8-13(23)22(3)9-11-6-4-5-7-12(11)25-16(17,18)19;/h4-7,10,14H,8-9,20H2,1-3H3,(H,21,24);1H/t14-;/m0./s1. The van der Waals surface area contributed by atoms with Gasteiger partial charge in [0.2, 0.25) is 11.8 Å². The minimum absolute atomic E-state index is 0. The van der Waals surface area contributed by atoms with Gasteiger partial charge in [0.25, 0.3) is 0 Å². The van der Waals surface area contributed by atoms with E-state index in [1.165, 1.54) is 30.1 Å². The second kappa shape index (κ2) is 10.2. The first kappa shape index (κ1) is 24.0. The van der Waals surface area contributed by atoms with Crippen molar-refractivity contribution in [1.82, 2.24) is 10.2 Å². The maximum absolute atomic E-state index is 12.4. The van der Waals surface area contributed by atoms with Crippen LogP contribution in [0.1, 0.15) is 19.4 Å². The first-order valence-corrected chi connectivity index (χ1v) is 7.62. The molecule has 0 aliphatic heterocycles. The van der Waals surface area contributed by atoms with Crippen LogP contribution in [-0.2, 0) is 16.1 Å². The Kier molecular flexibility index (Phi) is 9.44. The number of likely N-dealkylation sites (N-methyl/N-ethyl adjacent to an activating group) is 1. The van der Waals surface area contributed by atoms with Crippen molar-refractivity contribution in [2.75, 3.05) is 13.6 Å². The highest BCUT2D eigenvalue weighted by atomic mass is 35.5. The van der Waals surface area contributed by atoms with Gasteiger partial charge in [-0.3, -0.25) is 9.59 Å². The number of halogens is 4. The summed E-state index contributed by atoms with van der Waals surface area (Å²) in [5.74, 6) is -1.39. The van der Waals surface area contributed by atoms with Gasteiger partial charge >= 0.3 is 6.36 Å². The average molecular weight is 398 g/mol. The van der Waals surface area contributed by atoms with Gasteiger partial charge in [-0.15, -0.1) is 25.6 Å². The summed E-state index contributed by atoms with van der Waals surface area (Å²) in [6, 6.07) is 4.81. The molecule has 0 fully saturated rings. The highest BCUT2D eigenvalue weighted by Gasteiger charge is 2.32. The van der Waals surface area contributed by atoms with Crippen molar-refractivity contribution in [3.63, 3.8) is 0 Å². The number of para-hydroxylation sites is 1. The predicted octanol–water partition coefficient (Wildman–Crippen LogP) is 2.06. The number of nitrogens with one attached hydrogen (secondary N) is 1. The molecule has 1 rings (SSSR count). The minimum atomic E-state index is -4.82. The van der Waals surface area contributed by atoms with Crippen LogP contribution < -0.4 is 15.8 Å². The third kappa shape index (κ3) is 7.92. The van der Waals surface area contributed by atoms with E-state index in [-0.39, 0.29) is 42.7 Å². The second-order valence-electron chi connectivity index (χ2n) is 5.89. The first-order chi connectivity index (χ1) is 11.5. The topological polar surface area (TPSA) is 84.7 Å². The van der Waals surface area contributed by atoms with Crippen LogP contribution in [0.2, 0.25) is 0 Å². The Hall–Kier alpha value is -2.00. The molecule has 0 radical (unpaired) electrons. The van der Waals surface area contributed by atoms with Gasteiger partial charge in [-0.2, -0.15) is 0 Å². The van der Waals surface area contributed by atoms with Crippen LogP contribution in [0.25, 0.3) is 0 Å². The minimum Gasteiger partial charge on any atom is -0.405 e. The summed E-state index contributed by atoms with van der Waals surface area (Å²) < 4.78 is 41.2. The molecule has 26 heavy (non-hydrogen) atoms. The molecule has 1 aromatic carbocycles. The average Bonchev–Trinajstić information content (AvgIpc) is 2.51. The van der Waals surface area contributed by atoms with E-state index in [1.807, 2.05) is 0 Å². The number of nitrogens with two attached hydrogens (primary N) is 1. The van der Waals surface area contributed by atoms with E-state index in [0.29, 0.717) is 0 Å². The van der Waals surface area contributed by atoms with Gasteiger partial charge in [0, 0.05) is 19.2 Å². The van der Waals surface area contributed by atoms with Crippen molar-refractivity contribution < 1.29 is 27.5 Å². The zero-order valence-corrected chi connectivity index (χ0v) is 15.5. The van der Waals surface area contributed by atoms with E-state index >= 15 is 0 Å². The molecule has 0 heterocycles. The number of amides is 2. The Labute approximate surface area is 156 Å². The van der Waals surface area contributed by atoms with E-state index < -0.39 is 24.2 Å². The largest absolute Gasteiger partial charge is 0.573 e. The third-order valence-electron chi connectivity index (χ3n) is 3.47. The molecule has 0 aliphatic carbocycles. The van der Waals surface area contributed by atoms with E-state index in [1.54, 1.807) is 19.9 Å². The quantitative estimate of drug-likeness (QED) is 0.737. The van der Waals surface area contributed by atoms with Crippen LogP contribution in [0, 0.1) is 5.92 Å². The number of nitrogens with zero attached hydrogens (tertiary/aromatic N) is 1. The van der Waals surface area contributed by atoms with Gasteiger partial charge < -0.3 is 20.7 Å². The van der Waals surface area contributed by atoms with Crippen LogP contribution in [0.15, 0.2) is 24.3 Å². The zero-order chi connectivity index (χ0) is 19.2. The number of hydrogen-bond acceptors (Lipinski definition) is 4. The third-order valence-corrected chi connectivity index (χ3v) is 3.47. The molecule has 0 aromatic heterocycles. The molecule has 0 bridgehead atoms. The fourth-order valence-corrected chi connectivity index (χ4v) is 1.92. The molecule has 0 spiro atoms. The molecule has 0 saturated carbocycles. The highest BCUT2D eigenvalue weighted by Crippen LogP contribution is 2.26. The summed E-state index contributed by atoms with van der Waals surface area (Å²) in [7, 11) is 1.42. The van der Waals surface area contributed by atoms with Gasteiger partial charge in [0.15, 0.2) is 0 Å². The van der Waals surface area contributed by atoms with Crippen molar-refractivity contribution in [2.45, 2.75) is 32.8 Å². The smallest absolute Gasteiger partial charge is 0.405 e. The molecule has 0 saturated heterocycles. The number of ether oxygens (including phenoxy) is 1. The Morgan fingerprint density at radius 3 is 2.38 bits per heavy atom. The number of benzene rings is 1. The van der Waals surface area contributed by atoms with Crippen LogP contribution in [0.5, 0.6) is 5.75 Å². The fourth-order valence-electron chi connectivity index (χ4n) is 1.92. The summed E-state index contributed by atoms with van der Waals surface area (Å²) in [4.78, 5) is 25.0. The van der Waals surface area contributed by atoms with Crippen LogP contribution in [-0.4, -0.2) is 42.7 Å². The van der Waals surface area contributed by atoms with Gasteiger partial charge in [0.05, 0.1) is 12.6 Å². The van der Waals surface area contributed by atoms with Crippen molar-refractivity contribution in [3.8, 4) is 5.75 Å². The molecular weight excluding hydrogens is 375 g/mol. The summed E-state index contributed by atoms with van der Waals surface area (Å²) in [5, 5.41) is 2.42. The molecular formula is C16H23ClF3N3O3. The summed E-state index contributed by atoms with van der Waals surface area (Å²) in [6.07, 6.45) is -4.82. The number of carbonyl (C=O) groups is 2. The lowest BCUT2D eigenvalue weighted by Gasteiger charge is -2.21. The summed E-state index contributed by atoms with van der Waals surface area (Å²) >= 11 is 0. The van der Waals surface area contributed by atoms with E-state index in [9.17, 15) is 22.8 Å². The first-order valence-electron chi connectivity index (χ1n) is 7.62. The normalized spacial score (nSPS) is 12.2. The SMILES string of the molecule is CC(C)[C@H](N)C(=O)NCC(=O)N(C)Cc1ccccc1OC(F)(F)F.Cl. The van der Waals surface area contributed by atoms with Crippen LogP contribution in [0.3, 0.4) is 0 Å². The van der Waals surface area contributed by atoms with Gasteiger partial charge in [-0.25, -0.2) is 0 Å². The maximum Gasteiger partial charge on any atom is 0.573 e. The molecule has 6 nitrogen and oxygen atoms in total. The lowest BCUT2D eigenvalue weighted by Crippen LogP contribution is -2.47. The van der Waals surface area contributed by atoms with E-state index in [0.717, 1.165) is 0 Å². The van der Waals surface area contributed by atoms with Crippen molar-refractivity contribution in [1.29, 1.82) is 0 Å². The fraction of sp³-hybridized carbons (Fsp3) is 0.500. The van der Waals surface area contributed by atoms with Gasteiger partial charge in [-0.1, -0.05) is 32.0 Å². The van der Waals surface area contributed by atoms with Crippen molar-refractivity contribution >= 4 is 24.2 Å². The van der Waals surface area contributed by atoms with Gasteiger partial charge in [0.1, 0.15) is 5.75 Å². The molecule has 3 N–H and O–H groups in total. The molecule has 1 aromatic rings. The van der Waals surface area contributed by atoms with Crippen molar-refractivity contribution in [2.24, 2.45) is 11.7 Å². The molecule has 10 heteroatoms. The zero-order valence-electron chi connectivity index (χ0n) is 14.7. The lowest BCUT2D eigenvalue weighted by molar-refractivity contribution is -0.275. The summed E-state index contributed by atoms with van der Waals surface area (Å²) in [5.41, 5.74) is 5.86. The van der Waals surface area contributed by atoms with Gasteiger partial charge in [-0.05, 0) is 12.0 Å². The molecule has 1 atom stereocenters. The Balaban J connectivity index is 0.00000625. The molecule has 148 valence electrons. The van der Waals surface area contributed by atoms with E-state index in [2.05, 4.69) is 10.1 Å². The van der Waals surface area contributed by atoms with Crippen LogP contribution in [0.4, 0.5) is 13.2 Å². The van der Waals surface area contributed by atoms with Crippen LogP contribution >= 0.6 is 12.4 Å². The lowest BCUT2D eigenvalue weighted by atomic mass is 10.1. The van der Waals surface area contributed by atoms with Crippen molar-refractivity contribution in [3.05, 3.63) is 29.8 Å².